The predicted molar refractivity (Wildman–Crippen MR) is 89.0 cm³/mol. The molecule has 0 amide bonds. The van der Waals surface area contributed by atoms with Crippen molar-refractivity contribution in [3.05, 3.63) is 30.2 Å². The molecule has 0 aliphatic carbocycles. The fourth-order valence-electron chi connectivity index (χ4n) is 2.89. The summed E-state index contributed by atoms with van der Waals surface area (Å²) in [4.78, 5) is 3.36. The van der Waals surface area contributed by atoms with E-state index >= 15 is 0 Å². The standard InChI is InChI=1S/C16H19F3N3O3P/c1-2-24-26(23,22-10-4-3-5-11-22)13-8-6-12(7-9-13)14-20-15(25-21-14)16(17,18)19/h6-9H,2-5,10-11H2,1H3. The van der Waals surface area contributed by atoms with Crippen LogP contribution in [0.5, 0.6) is 0 Å². The van der Waals surface area contributed by atoms with Gasteiger partial charge in [0, 0.05) is 18.7 Å². The normalized spacial score (nSPS) is 18.6. The summed E-state index contributed by atoms with van der Waals surface area (Å²) in [6.45, 7) is 3.47. The molecule has 10 heteroatoms. The Bertz CT molecular complexity index is 786. The zero-order valence-corrected chi connectivity index (χ0v) is 15.1. The molecule has 0 N–H and O–H groups in total. The Labute approximate surface area is 148 Å². The molecule has 0 bridgehead atoms. The Balaban J connectivity index is 1.87. The quantitative estimate of drug-likeness (QED) is 0.718. The van der Waals surface area contributed by atoms with Gasteiger partial charge in [0.25, 0.3) is 0 Å². The van der Waals surface area contributed by atoms with Gasteiger partial charge in [-0.2, -0.15) is 18.2 Å². The molecule has 1 atom stereocenters. The van der Waals surface area contributed by atoms with Crippen molar-refractivity contribution in [2.75, 3.05) is 19.7 Å². The lowest BCUT2D eigenvalue weighted by molar-refractivity contribution is -0.159. The van der Waals surface area contributed by atoms with Crippen molar-refractivity contribution in [3.63, 3.8) is 0 Å². The number of rotatable bonds is 5. The summed E-state index contributed by atoms with van der Waals surface area (Å²) in [5.41, 5.74) is 0.342. The molecule has 6 nitrogen and oxygen atoms in total. The van der Waals surface area contributed by atoms with Gasteiger partial charge in [-0.05, 0) is 31.9 Å². The predicted octanol–water partition coefficient (Wildman–Crippen LogP) is 4.10. The van der Waals surface area contributed by atoms with Gasteiger partial charge in [0.2, 0.25) is 5.82 Å². The molecule has 1 saturated heterocycles. The molecule has 1 aromatic carbocycles. The van der Waals surface area contributed by atoms with E-state index in [-0.39, 0.29) is 5.82 Å². The van der Waals surface area contributed by atoms with Crippen molar-refractivity contribution in [1.82, 2.24) is 14.8 Å². The third kappa shape index (κ3) is 3.84. The van der Waals surface area contributed by atoms with E-state index in [4.69, 9.17) is 4.52 Å². The van der Waals surface area contributed by atoms with Crippen molar-refractivity contribution < 1.29 is 26.8 Å². The fraction of sp³-hybridized carbons (Fsp3) is 0.500. The van der Waals surface area contributed by atoms with Crippen LogP contribution in [-0.2, 0) is 15.3 Å². The number of benzene rings is 1. The summed E-state index contributed by atoms with van der Waals surface area (Å²) in [6, 6.07) is 6.22. The minimum absolute atomic E-state index is 0.173. The van der Waals surface area contributed by atoms with Crippen molar-refractivity contribution >= 4 is 12.8 Å². The van der Waals surface area contributed by atoms with Gasteiger partial charge in [-0.25, -0.2) is 4.67 Å². The number of aromatic nitrogens is 2. The van der Waals surface area contributed by atoms with E-state index in [0.29, 0.717) is 30.6 Å². The van der Waals surface area contributed by atoms with Crippen LogP contribution < -0.4 is 5.30 Å². The van der Waals surface area contributed by atoms with Crippen molar-refractivity contribution in [2.45, 2.75) is 32.4 Å². The summed E-state index contributed by atoms with van der Waals surface area (Å²) >= 11 is 0. The summed E-state index contributed by atoms with van der Waals surface area (Å²) < 4.78 is 62.9. The first-order valence-electron chi connectivity index (χ1n) is 8.36. The van der Waals surface area contributed by atoms with Gasteiger partial charge in [0.1, 0.15) is 0 Å². The lowest BCUT2D eigenvalue weighted by Crippen LogP contribution is -2.32. The molecule has 1 aliphatic rings. The first-order valence-corrected chi connectivity index (χ1v) is 9.94. The lowest BCUT2D eigenvalue weighted by atomic mass is 10.2. The van der Waals surface area contributed by atoms with Crippen LogP contribution in [-0.4, -0.2) is 34.5 Å². The van der Waals surface area contributed by atoms with Crippen LogP contribution in [0.15, 0.2) is 28.8 Å². The average molecular weight is 389 g/mol. The van der Waals surface area contributed by atoms with Crippen LogP contribution in [0.4, 0.5) is 13.2 Å². The van der Waals surface area contributed by atoms with Gasteiger partial charge >= 0.3 is 19.6 Å². The third-order valence-corrected chi connectivity index (χ3v) is 6.83. The minimum atomic E-state index is -4.69. The number of piperidine rings is 1. The van der Waals surface area contributed by atoms with Gasteiger partial charge in [-0.1, -0.05) is 23.7 Å². The third-order valence-electron chi connectivity index (χ3n) is 4.13. The van der Waals surface area contributed by atoms with Crippen LogP contribution in [0.3, 0.4) is 0 Å². The maximum atomic E-state index is 13.5. The average Bonchev–Trinajstić information content (AvgIpc) is 3.13. The second-order valence-electron chi connectivity index (χ2n) is 5.92. The van der Waals surface area contributed by atoms with E-state index in [1.54, 1.807) is 19.1 Å². The van der Waals surface area contributed by atoms with Crippen LogP contribution in [0.1, 0.15) is 32.1 Å². The fourth-order valence-corrected chi connectivity index (χ4v) is 5.21. The summed E-state index contributed by atoms with van der Waals surface area (Å²) in [5, 5.41) is 3.86. The summed E-state index contributed by atoms with van der Waals surface area (Å²) in [5.74, 6) is -1.57. The van der Waals surface area contributed by atoms with Crippen LogP contribution in [0.25, 0.3) is 11.4 Å². The minimum Gasteiger partial charge on any atom is -0.329 e. The monoisotopic (exact) mass is 389 g/mol. The zero-order chi connectivity index (χ0) is 18.8. The molecule has 26 heavy (non-hydrogen) atoms. The SMILES string of the molecule is CCOP(=O)(c1ccc(-c2noc(C(F)(F)F)n2)cc1)N1CCCCC1. The molecule has 1 fully saturated rings. The molecular weight excluding hydrogens is 370 g/mol. The molecule has 0 saturated carbocycles. The topological polar surface area (TPSA) is 68.5 Å². The molecular formula is C16H19F3N3O3P. The Kier molecular flexibility index (Phi) is 5.50. The number of hydrogen-bond acceptors (Lipinski definition) is 5. The van der Waals surface area contributed by atoms with Gasteiger partial charge in [0.05, 0.1) is 11.9 Å². The maximum Gasteiger partial charge on any atom is 0.471 e. The summed E-state index contributed by atoms with van der Waals surface area (Å²) in [6.07, 6.45) is -1.68. The van der Waals surface area contributed by atoms with E-state index in [1.807, 2.05) is 4.67 Å². The van der Waals surface area contributed by atoms with Crippen LogP contribution in [0.2, 0.25) is 0 Å². The van der Waals surface area contributed by atoms with Crippen molar-refractivity contribution in [3.8, 4) is 11.4 Å². The molecule has 2 aromatic rings. The van der Waals surface area contributed by atoms with E-state index < -0.39 is 19.6 Å². The lowest BCUT2D eigenvalue weighted by Gasteiger charge is -2.33. The number of alkyl halides is 3. The molecule has 3 rings (SSSR count). The first-order chi connectivity index (χ1) is 12.3. The highest BCUT2D eigenvalue weighted by molar-refractivity contribution is 7.64. The van der Waals surface area contributed by atoms with E-state index in [2.05, 4.69) is 14.7 Å². The maximum absolute atomic E-state index is 13.5. The van der Waals surface area contributed by atoms with Crippen LogP contribution >= 0.6 is 7.52 Å². The Morgan fingerprint density at radius 1 is 1.19 bits per heavy atom. The highest BCUT2D eigenvalue weighted by atomic mass is 31.2. The molecule has 2 heterocycles. The highest BCUT2D eigenvalue weighted by Crippen LogP contribution is 2.50. The second-order valence-corrected chi connectivity index (χ2v) is 8.30. The number of nitrogens with zero attached hydrogens (tertiary/aromatic N) is 3. The van der Waals surface area contributed by atoms with E-state index in [1.165, 1.54) is 12.1 Å². The molecule has 1 unspecified atom stereocenters. The van der Waals surface area contributed by atoms with E-state index in [9.17, 15) is 17.7 Å². The second kappa shape index (κ2) is 7.50. The molecule has 1 aromatic heterocycles. The Morgan fingerprint density at radius 3 is 2.38 bits per heavy atom. The molecule has 0 radical (unpaired) electrons. The molecule has 1 aliphatic heterocycles. The van der Waals surface area contributed by atoms with Gasteiger partial charge < -0.3 is 9.05 Å². The summed E-state index contributed by atoms with van der Waals surface area (Å²) in [7, 11) is -3.19. The molecule has 0 spiro atoms. The van der Waals surface area contributed by atoms with Crippen molar-refractivity contribution in [1.29, 1.82) is 0 Å². The van der Waals surface area contributed by atoms with Crippen molar-refractivity contribution in [2.24, 2.45) is 0 Å². The Hall–Kier alpha value is -1.70. The van der Waals surface area contributed by atoms with E-state index in [0.717, 1.165) is 19.3 Å². The number of halogens is 3. The van der Waals surface area contributed by atoms with Gasteiger partial charge in [-0.3, -0.25) is 4.57 Å². The van der Waals surface area contributed by atoms with Gasteiger partial charge in [-0.15, -0.1) is 0 Å². The largest absolute Gasteiger partial charge is 0.471 e. The Morgan fingerprint density at radius 2 is 1.85 bits per heavy atom. The molecule has 142 valence electrons. The van der Waals surface area contributed by atoms with Crippen LogP contribution in [0, 0.1) is 0 Å². The van der Waals surface area contributed by atoms with Gasteiger partial charge in [0.15, 0.2) is 0 Å². The number of hydrogen-bond donors (Lipinski definition) is 0. The highest BCUT2D eigenvalue weighted by Gasteiger charge is 2.39. The smallest absolute Gasteiger partial charge is 0.329 e. The first kappa shape index (κ1) is 19.1. The zero-order valence-electron chi connectivity index (χ0n) is 14.2.